The molecule has 6 heteroatoms. The summed E-state index contributed by atoms with van der Waals surface area (Å²) in [6.07, 6.45) is 0.659. The van der Waals surface area contributed by atoms with E-state index < -0.39 is 4.92 Å². The van der Waals surface area contributed by atoms with Crippen LogP contribution >= 0.6 is 0 Å². The molecular weight excluding hydrogens is 248 g/mol. The minimum atomic E-state index is -0.440. The van der Waals surface area contributed by atoms with E-state index >= 15 is 0 Å². The van der Waals surface area contributed by atoms with Crippen LogP contribution in [0.4, 0.5) is 11.4 Å². The minimum Gasteiger partial charge on any atom is -0.487 e. The van der Waals surface area contributed by atoms with Crippen LogP contribution in [0.1, 0.15) is 20.3 Å². The fourth-order valence-electron chi connectivity index (χ4n) is 1.73. The minimum absolute atomic E-state index is 0.0412. The first-order valence-corrected chi connectivity index (χ1v) is 6.35. The average Bonchev–Trinajstić information content (AvgIpc) is 2.37. The number of aliphatic hydroxyl groups is 1. The smallest absolute Gasteiger partial charge is 0.333 e. The van der Waals surface area contributed by atoms with Crippen molar-refractivity contribution in [2.45, 2.75) is 20.3 Å². The predicted molar refractivity (Wildman–Crippen MR) is 73.6 cm³/mol. The largest absolute Gasteiger partial charge is 0.487 e. The van der Waals surface area contributed by atoms with Gasteiger partial charge in [-0.1, -0.05) is 13.0 Å². The Bertz CT molecular complexity index is 423. The fourth-order valence-corrected chi connectivity index (χ4v) is 1.73. The van der Waals surface area contributed by atoms with E-state index in [1.807, 2.05) is 6.92 Å². The average molecular weight is 268 g/mol. The van der Waals surface area contributed by atoms with Gasteiger partial charge in [-0.2, -0.15) is 0 Å². The van der Waals surface area contributed by atoms with Crippen LogP contribution in [0.25, 0.3) is 0 Å². The molecule has 1 atom stereocenters. The number of hydrogen-bond donors (Lipinski definition) is 2. The van der Waals surface area contributed by atoms with E-state index in [1.165, 1.54) is 0 Å². The molecule has 1 aromatic carbocycles. The number of rotatable bonds is 8. The van der Waals surface area contributed by atoms with E-state index in [0.717, 1.165) is 0 Å². The van der Waals surface area contributed by atoms with Gasteiger partial charge in [0.05, 0.1) is 11.5 Å². The molecule has 0 radical (unpaired) electrons. The first kappa shape index (κ1) is 15.2. The predicted octanol–water partition coefficient (Wildman–Crippen LogP) is 2.42. The highest BCUT2D eigenvalue weighted by atomic mass is 16.6. The van der Waals surface area contributed by atoms with E-state index in [4.69, 9.17) is 9.84 Å². The van der Waals surface area contributed by atoms with Crippen LogP contribution in [-0.2, 0) is 0 Å². The van der Waals surface area contributed by atoms with Gasteiger partial charge in [0.2, 0.25) is 0 Å². The molecule has 0 aliphatic rings. The maximum Gasteiger partial charge on any atom is 0.333 e. The van der Waals surface area contributed by atoms with Gasteiger partial charge in [0.25, 0.3) is 0 Å². The Labute approximate surface area is 112 Å². The van der Waals surface area contributed by atoms with Crippen molar-refractivity contribution in [2.75, 3.05) is 25.1 Å². The van der Waals surface area contributed by atoms with Crippen LogP contribution in [0.5, 0.6) is 5.75 Å². The molecule has 19 heavy (non-hydrogen) atoms. The molecular formula is C13H20N2O4. The van der Waals surface area contributed by atoms with Crippen molar-refractivity contribution in [1.82, 2.24) is 0 Å². The van der Waals surface area contributed by atoms with Gasteiger partial charge in [-0.25, -0.2) is 0 Å². The number of hydrogen-bond acceptors (Lipinski definition) is 5. The summed E-state index contributed by atoms with van der Waals surface area (Å²) in [6, 6.07) is 4.97. The number of anilines is 1. The summed E-state index contributed by atoms with van der Waals surface area (Å²) in [7, 11) is 0. The first-order chi connectivity index (χ1) is 9.10. The second-order valence-electron chi connectivity index (χ2n) is 4.34. The Morgan fingerprint density at radius 2 is 2.26 bits per heavy atom. The SMILES string of the molecule is CCOc1cccc(NCC(C)CCO)c1[N+](=O)[O-]. The molecule has 0 aliphatic heterocycles. The van der Waals surface area contributed by atoms with Crippen LogP contribution in [-0.4, -0.2) is 29.8 Å². The second kappa shape index (κ2) is 7.58. The number of nitrogens with zero attached hydrogens (tertiary/aromatic N) is 1. The van der Waals surface area contributed by atoms with Gasteiger partial charge in [-0.15, -0.1) is 0 Å². The molecule has 0 spiro atoms. The summed E-state index contributed by atoms with van der Waals surface area (Å²) < 4.78 is 5.27. The zero-order valence-electron chi connectivity index (χ0n) is 11.3. The molecule has 0 bridgehead atoms. The zero-order valence-corrected chi connectivity index (χ0v) is 11.3. The molecule has 0 saturated heterocycles. The van der Waals surface area contributed by atoms with E-state index in [1.54, 1.807) is 25.1 Å². The maximum atomic E-state index is 11.1. The van der Waals surface area contributed by atoms with Crippen molar-refractivity contribution in [3.8, 4) is 5.75 Å². The molecule has 1 unspecified atom stereocenters. The molecule has 0 heterocycles. The molecule has 1 rings (SSSR count). The Balaban J connectivity index is 2.87. The van der Waals surface area contributed by atoms with Crippen LogP contribution < -0.4 is 10.1 Å². The fraction of sp³-hybridized carbons (Fsp3) is 0.538. The van der Waals surface area contributed by atoms with Crippen molar-refractivity contribution in [3.63, 3.8) is 0 Å². The molecule has 0 saturated carbocycles. The number of ether oxygens (including phenoxy) is 1. The standard InChI is InChI=1S/C13H20N2O4/c1-3-19-12-6-4-5-11(13(12)15(17)18)14-9-10(2)7-8-16/h4-6,10,14,16H,3,7-9H2,1-2H3. The van der Waals surface area contributed by atoms with Crippen LogP contribution in [0, 0.1) is 16.0 Å². The first-order valence-electron chi connectivity index (χ1n) is 6.35. The number of nitro benzene ring substituents is 1. The van der Waals surface area contributed by atoms with E-state index in [-0.39, 0.29) is 24.0 Å². The molecule has 0 aromatic heterocycles. The number of nitrogens with one attached hydrogen (secondary N) is 1. The molecule has 2 N–H and O–H groups in total. The number of para-hydroxylation sites is 1. The third-order valence-electron chi connectivity index (χ3n) is 2.74. The van der Waals surface area contributed by atoms with Crippen LogP contribution in [0.15, 0.2) is 18.2 Å². The summed E-state index contributed by atoms with van der Waals surface area (Å²) in [6.45, 7) is 4.82. The Morgan fingerprint density at radius 3 is 2.84 bits per heavy atom. The van der Waals surface area contributed by atoms with Gasteiger partial charge in [-0.3, -0.25) is 10.1 Å². The number of aliphatic hydroxyl groups excluding tert-OH is 1. The highest BCUT2D eigenvalue weighted by molar-refractivity contribution is 5.68. The van der Waals surface area contributed by atoms with Crippen molar-refractivity contribution < 1.29 is 14.8 Å². The molecule has 106 valence electrons. The van der Waals surface area contributed by atoms with Gasteiger partial charge in [0.15, 0.2) is 5.75 Å². The lowest BCUT2D eigenvalue weighted by molar-refractivity contribution is -0.384. The maximum absolute atomic E-state index is 11.1. The second-order valence-corrected chi connectivity index (χ2v) is 4.34. The van der Waals surface area contributed by atoms with Crippen molar-refractivity contribution in [1.29, 1.82) is 0 Å². The zero-order chi connectivity index (χ0) is 14.3. The summed E-state index contributed by atoms with van der Waals surface area (Å²) >= 11 is 0. The van der Waals surface area contributed by atoms with Crippen LogP contribution in [0.2, 0.25) is 0 Å². The number of nitro groups is 1. The summed E-state index contributed by atoms with van der Waals surface area (Å²) in [5, 5.41) is 23.0. The van der Waals surface area contributed by atoms with Crippen molar-refractivity contribution in [3.05, 3.63) is 28.3 Å². The summed E-state index contributed by atoms with van der Waals surface area (Å²) in [5.41, 5.74) is 0.404. The highest BCUT2D eigenvalue weighted by Crippen LogP contribution is 2.34. The van der Waals surface area contributed by atoms with Gasteiger partial charge in [0, 0.05) is 13.2 Å². The lowest BCUT2D eigenvalue weighted by Crippen LogP contribution is -2.13. The number of benzene rings is 1. The van der Waals surface area contributed by atoms with Gasteiger partial charge in [-0.05, 0) is 31.4 Å². The Morgan fingerprint density at radius 1 is 1.53 bits per heavy atom. The van der Waals surface area contributed by atoms with Crippen LogP contribution in [0.3, 0.4) is 0 Å². The molecule has 0 amide bonds. The van der Waals surface area contributed by atoms with Gasteiger partial charge < -0.3 is 15.2 Å². The topological polar surface area (TPSA) is 84.6 Å². The van der Waals surface area contributed by atoms with Gasteiger partial charge in [0.1, 0.15) is 5.69 Å². The third-order valence-corrected chi connectivity index (χ3v) is 2.74. The molecule has 0 fully saturated rings. The summed E-state index contributed by atoms with van der Waals surface area (Å²) in [4.78, 5) is 10.7. The van der Waals surface area contributed by atoms with E-state index in [0.29, 0.717) is 25.3 Å². The van der Waals surface area contributed by atoms with Crippen molar-refractivity contribution in [2.24, 2.45) is 5.92 Å². The lowest BCUT2D eigenvalue weighted by atomic mass is 10.1. The van der Waals surface area contributed by atoms with E-state index in [9.17, 15) is 10.1 Å². The van der Waals surface area contributed by atoms with Crippen molar-refractivity contribution >= 4 is 11.4 Å². The monoisotopic (exact) mass is 268 g/mol. The Kier molecular flexibility index (Phi) is 6.08. The Hall–Kier alpha value is -1.82. The van der Waals surface area contributed by atoms with E-state index in [2.05, 4.69) is 5.32 Å². The van der Waals surface area contributed by atoms with Gasteiger partial charge >= 0.3 is 5.69 Å². The normalized spacial score (nSPS) is 11.9. The highest BCUT2D eigenvalue weighted by Gasteiger charge is 2.20. The lowest BCUT2D eigenvalue weighted by Gasteiger charge is -2.13. The summed E-state index contributed by atoms with van der Waals surface area (Å²) in [5.74, 6) is 0.507. The molecule has 1 aromatic rings. The third kappa shape index (κ3) is 4.40. The quantitative estimate of drug-likeness (QED) is 0.558. The molecule has 0 aliphatic carbocycles. The molecule has 6 nitrogen and oxygen atoms in total.